The summed E-state index contributed by atoms with van der Waals surface area (Å²) in [6.45, 7) is 6.90. The van der Waals surface area contributed by atoms with Crippen LogP contribution in [0.3, 0.4) is 0 Å². The number of anilines is 1. The summed E-state index contributed by atoms with van der Waals surface area (Å²) in [5.41, 5.74) is 1.93. The molecule has 1 aromatic carbocycles. The van der Waals surface area contributed by atoms with Gasteiger partial charge in [-0.15, -0.1) is 0 Å². The Kier molecular flexibility index (Phi) is 9.30. The molecule has 0 unspecified atom stereocenters. The lowest BCUT2D eigenvalue weighted by atomic mass is 10.1. The van der Waals surface area contributed by atoms with E-state index in [1.54, 1.807) is 6.92 Å². The zero-order chi connectivity index (χ0) is 17.9. The molecule has 0 aliphatic heterocycles. The Hall–Kier alpha value is -1.69. The SMILES string of the molecule is CCOC(=O)[C@H](C)N(CCSCC)c1ccc(CCC(=O)O)cc1. The molecule has 0 radical (unpaired) electrons. The van der Waals surface area contributed by atoms with Crippen LogP contribution < -0.4 is 4.90 Å². The van der Waals surface area contributed by atoms with E-state index in [0.717, 1.165) is 29.3 Å². The monoisotopic (exact) mass is 353 g/mol. The molecular formula is C18H27NO4S. The van der Waals surface area contributed by atoms with Crippen molar-refractivity contribution in [3.63, 3.8) is 0 Å². The molecule has 0 heterocycles. The highest BCUT2D eigenvalue weighted by Gasteiger charge is 2.22. The normalized spacial score (nSPS) is 11.8. The number of benzene rings is 1. The van der Waals surface area contributed by atoms with Crippen molar-refractivity contribution in [3.8, 4) is 0 Å². The minimum atomic E-state index is -0.798. The molecule has 5 nitrogen and oxygen atoms in total. The second-order valence-electron chi connectivity index (χ2n) is 5.38. The van der Waals surface area contributed by atoms with Crippen molar-refractivity contribution in [1.82, 2.24) is 0 Å². The molecule has 0 bridgehead atoms. The number of thioether (sulfide) groups is 1. The van der Waals surface area contributed by atoms with Crippen molar-refractivity contribution in [2.45, 2.75) is 39.7 Å². The molecule has 0 aliphatic carbocycles. The molecule has 0 aliphatic rings. The maximum Gasteiger partial charge on any atom is 0.328 e. The van der Waals surface area contributed by atoms with E-state index >= 15 is 0 Å². The number of carbonyl (C=O) groups excluding carboxylic acids is 1. The fourth-order valence-electron chi connectivity index (χ4n) is 2.35. The average molecular weight is 353 g/mol. The number of carbonyl (C=O) groups is 2. The summed E-state index contributed by atoms with van der Waals surface area (Å²) in [5, 5.41) is 8.76. The number of hydrogen-bond donors (Lipinski definition) is 1. The first-order valence-electron chi connectivity index (χ1n) is 8.31. The van der Waals surface area contributed by atoms with Gasteiger partial charge in [0.1, 0.15) is 6.04 Å². The van der Waals surface area contributed by atoms with Gasteiger partial charge < -0.3 is 14.7 Å². The van der Waals surface area contributed by atoms with Gasteiger partial charge in [-0.1, -0.05) is 19.1 Å². The smallest absolute Gasteiger partial charge is 0.328 e. The lowest BCUT2D eigenvalue weighted by Crippen LogP contribution is -2.41. The Morgan fingerprint density at radius 1 is 1.25 bits per heavy atom. The summed E-state index contributed by atoms with van der Waals surface area (Å²) in [4.78, 5) is 24.8. The highest BCUT2D eigenvalue weighted by atomic mass is 32.2. The van der Waals surface area contributed by atoms with Crippen LogP contribution in [0.2, 0.25) is 0 Å². The third-order valence-electron chi connectivity index (χ3n) is 3.67. The standard InChI is InChI=1S/C18H27NO4S/c1-4-23-18(22)14(3)19(12-13-24-5-2)16-9-6-15(7-10-16)8-11-17(20)21/h6-7,9-10,14H,4-5,8,11-13H2,1-3H3,(H,20,21)/t14-/m0/s1. The van der Waals surface area contributed by atoms with Crippen LogP contribution in [0.5, 0.6) is 0 Å². The zero-order valence-corrected chi connectivity index (χ0v) is 15.5. The van der Waals surface area contributed by atoms with E-state index in [0.29, 0.717) is 13.0 Å². The topological polar surface area (TPSA) is 66.8 Å². The Labute approximate surface area is 148 Å². The molecule has 6 heteroatoms. The summed E-state index contributed by atoms with van der Waals surface area (Å²) in [5.74, 6) is 0.943. The molecule has 0 saturated carbocycles. The number of esters is 1. The number of aryl methyl sites for hydroxylation is 1. The van der Waals surface area contributed by atoms with Crippen LogP contribution in [0.1, 0.15) is 32.8 Å². The minimum absolute atomic E-state index is 0.120. The molecule has 24 heavy (non-hydrogen) atoms. The second kappa shape index (κ2) is 11.0. The second-order valence-corrected chi connectivity index (χ2v) is 6.77. The number of rotatable bonds is 11. The highest BCUT2D eigenvalue weighted by molar-refractivity contribution is 7.99. The van der Waals surface area contributed by atoms with E-state index in [4.69, 9.17) is 9.84 Å². The molecule has 1 atom stereocenters. The van der Waals surface area contributed by atoms with E-state index in [-0.39, 0.29) is 18.4 Å². The van der Waals surface area contributed by atoms with Gasteiger partial charge in [0.2, 0.25) is 0 Å². The lowest BCUT2D eigenvalue weighted by Gasteiger charge is -2.30. The molecular weight excluding hydrogens is 326 g/mol. The van der Waals surface area contributed by atoms with Gasteiger partial charge in [-0.2, -0.15) is 11.8 Å². The number of ether oxygens (including phenoxy) is 1. The molecule has 1 rings (SSSR count). The van der Waals surface area contributed by atoms with Crippen molar-refractivity contribution in [2.24, 2.45) is 0 Å². The Morgan fingerprint density at radius 3 is 2.46 bits per heavy atom. The van der Waals surface area contributed by atoms with Gasteiger partial charge in [0.25, 0.3) is 0 Å². The van der Waals surface area contributed by atoms with Crippen molar-refractivity contribution in [3.05, 3.63) is 29.8 Å². The Morgan fingerprint density at radius 2 is 1.92 bits per heavy atom. The van der Waals surface area contributed by atoms with E-state index in [2.05, 4.69) is 6.92 Å². The molecule has 0 saturated heterocycles. The van der Waals surface area contributed by atoms with Crippen molar-refractivity contribution in [1.29, 1.82) is 0 Å². The molecule has 0 fully saturated rings. The average Bonchev–Trinajstić information content (AvgIpc) is 2.57. The van der Waals surface area contributed by atoms with Crippen LogP contribution in [0.15, 0.2) is 24.3 Å². The maximum atomic E-state index is 12.1. The zero-order valence-electron chi connectivity index (χ0n) is 14.7. The van der Waals surface area contributed by atoms with Crippen molar-refractivity contribution in [2.75, 3.05) is 29.6 Å². The summed E-state index contributed by atoms with van der Waals surface area (Å²) >= 11 is 1.83. The van der Waals surface area contributed by atoms with Gasteiger partial charge in [-0.25, -0.2) is 4.79 Å². The first-order chi connectivity index (χ1) is 11.5. The van der Waals surface area contributed by atoms with Crippen LogP contribution in [-0.2, 0) is 20.7 Å². The third kappa shape index (κ3) is 6.83. The van der Waals surface area contributed by atoms with Crippen LogP contribution in [0.25, 0.3) is 0 Å². The first kappa shape index (κ1) is 20.4. The quantitative estimate of drug-likeness (QED) is 0.487. The van der Waals surface area contributed by atoms with Crippen LogP contribution in [0, 0.1) is 0 Å². The molecule has 1 N–H and O–H groups in total. The van der Waals surface area contributed by atoms with Gasteiger partial charge in [0.05, 0.1) is 6.61 Å². The highest BCUT2D eigenvalue weighted by Crippen LogP contribution is 2.20. The molecule has 0 aromatic heterocycles. The fraction of sp³-hybridized carbons (Fsp3) is 0.556. The van der Waals surface area contributed by atoms with Crippen LogP contribution >= 0.6 is 11.8 Å². The predicted octanol–water partition coefficient (Wildman–Crippen LogP) is 3.21. The van der Waals surface area contributed by atoms with E-state index in [1.807, 2.05) is 47.9 Å². The first-order valence-corrected chi connectivity index (χ1v) is 9.46. The minimum Gasteiger partial charge on any atom is -0.481 e. The van der Waals surface area contributed by atoms with E-state index in [9.17, 15) is 9.59 Å². The molecule has 0 amide bonds. The van der Waals surface area contributed by atoms with Crippen molar-refractivity contribution >= 4 is 29.4 Å². The predicted molar refractivity (Wildman–Crippen MR) is 98.8 cm³/mol. The van der Waals surface area contributed by atoms with Crippen molar-refractivity contribution < 1.29 is 19.4 Å². The van der Waals surface area contributed by atoms with Crippen LogP contribution in [-0.4, -0.2) is 47.7 Å². The lowest BCUT2D eigenvalue weighted by molar-refractivity contribution is -0.144. The Bertz CT molecular complexity index is 518. The van der Waals surface area contributed by atoms with Crippen LogP contribution in [0.4, 0.5) is 5.69 Å². The van der Waals surface area contributed by atoms with Gasteiger partial charge in [0, 0.05) is 24.4 Å². The van der Waals surface area contributed by atoms with Gasteiger partial charge in [0.15, 0.2) is 0 Å². The number of nitrogens with zero attached hydrogens (tertiary/aromatic N) is 1. The number of aliphatic carboxylic acids is 1. The summed E-state index contributed by atoms with van der Waals surface area (Å²) < 4.78 is 5.15. The Balaban J connectivity index is 2.84. The fourth-order valence-corrected chi connectivity index (χ4v) is 2.96. The van der Waals surface area contributed by atoms with E-state index in [1.165, 1.54) is 0 Å². The number of carboxylic acid groups (broad SMARTS) is 1. The van der Waals surface area contributed by atoms with Gasteiger partial charge in [-0.05, 0) is 43.7 Å². The number of carboxylic acids is 1. The van der Waals surface area contributed by atoms with Gasteiger partial charge in [-0.3, -0.25) is 4.79 Å². The summed E-state index contributed by atoms with van der Waals surface area (Å²) in [6.07, 6.45) is 0.629. The third-order valence-corrected chi connectivity index (χ3v) is 4.55. The molecule has 134 valence electrons. The summed E-state index contributed by atoms with van der Waals surface area (Å²) in [7, 11) is 0. The number of hydrogen-bond acceptors (Lipinski definition) is 5. The molecule has 1 aromatic rings. The maximum absolute atomic E-state index is 12.1. The van der Waals surface area contributed by atoms with E-state index < -0.39 is 5.97 Å². The summed E-state index contributed by atoms with van der Waals surface area (Å²) in [6, 6.07) is 7.39. The largest absolute Gasteiger partial charge is 0.481 e. The molecule has 0 spiro atoms. The van der Waals surface area contributed by atoms with Gasteiger partial charge >= 0.3 is 11.9 Å².